The fourth-order valence-electron chi connectivity index (χ4n) is 2.91. The van der Waals surface area contributed by atoms with E-state index in [9.17, 15) is 18.3 Å². The van der Waals surface area contributed by atoms with Gasteiger partial charge in [-0.15, -0.1) is 0 Å². The number of carboxylic acids is 1. The summed E-state index contributed by atoms with van der Waals surface area (Å²) in [5.74, 6) is -1.21. The van der Waals surface area contributed by atoms with Gasteiger partial charge in [0.1, 0.15) is 6.04 Å². The molecule has 3 aromatic carbocycles. The first-order valence-corrected chi connectivity index (χ1v) is 10.9. The van der Waals surface area contributed by atoms with Crippen molar-refractivity contribution in [3.8, 4) is 11.1 Å². The van der Waals surface area contributed by atoms with Gasteiger partial charge in [0.15, 0.2) is 0 Å². The molecule has 5 nitrogen and oxygen atoms in total. The number of halogens is 1. The number of aliphatic carboxylic acids is 1. The Kier molecular flexibility index (Phi) is 6.69. The van der Waals surface area contributed by atoms with Gasteiger partial charge in [-0.25, -0.2) is 8.42 Å². The molecule has 0 amide bonds. The molecular weight excluding hydrogens is 410 g/mol. The van der Waals surface area contributed by atoms with Gasteiger partial charge >= 0.3 is 5.97 Å². The van der Waals surface area contributed by atoms with Crippen molar-refractivity contribution >= 4 is 27.6 Å². The summed E-state index contributed by atoms with van der Waals surface area (Å²) >= 11 is 5.89. The lowest BCUT2D eigenvalue weighted by Crippen LogP contribution is -2.41. The molecule has 3 aromatic rings. The van der Waals surface area contributed by atoms with Gasteiger partial charge in [0.05, 0.1) is 4.90 Å². The molecule has 0 fully saturated rings. The van der Waals surface area contributed by atoms with Crippen LogP contribution in [-0.4, -0.2) is 25.5 Å². The maximum atomic E-state index is 12.7. The number of hydrogen-bond donors (Lipinski definition) is 2. The summed E-state index contributed by atoms with van der Waals surface area (Å²) in [5, 5.41) is 10.1. The minimum atomic E-state index is -3.97. The molecule has 3 rings (SSSR count). The summed E-state index contributed by atoms with van der Waals surface area (Å²) in [6.45, 7) is 0. The highest BCUT2D eigenvalue weighted by Crippen LogP contribution is 2.23. The molecule has 7 heteroatoms. The number of aryl methyl sites for hydroxylation is 1. The van der Waals surface area contributed by atoms with Crippen LogP contribution >= 0.6 is 11.6 Å². The van der Waals surface area contributed by atoms with Crippen LogP contribution in [0.15, 0.2) is 83.8 Å². The van der Waals surface area contributed by atoms with Crippen LogP contribution in [0.25, 0.3) is 11.1 Å². The summed E-state index contributed by atoms with van der Waals surface area (Å²) in [4.78, 5) is 11.6. The van der Waals surface area contributed by atoms with Crippen LogP contribution < -0.4 is 4.72 Å². The Hall–Kier alpha value is -2.67. The monoisotopic (exact) mass is 429 g/mol. The van der Waals surface area contributed by atoms with Crippen LogP contribution in [0.5, 0.6) is 0 Å². The number of benzene rings is 3. The highest BCUT2D eigenvalue weighted by Gasteiger charge is 2.25. The van der Waals surface area contributed by atoms with E-state index in [1.54, 1.807) is 24.3 Å². The minimum absolute atomic E-state index is 0.0150. The number of carbonyl (C=O) groups is 1. The van der Waals surface area contributed by atoms with Gasteiger partial charge in [-0.3, -0.25) is 4.79 Å². The van der Waals surface area contributed by atoms with E-state index in [0.717, 1.165) is 16.7 Å². The van der Waals surface area contributed by atoms with E-state index in [1.807, 2.05) is 42.5 Å². The molecule has 0 aliphatic heterocycles. The number of rotatable bonds is 8. The third-order valence-corrected chi connectivity index (χ3v) is 6.24. The van der Waals surface area contributed by atoms with Gasteiger partial charge in [-0.1, -0.05) is 66.2 Å². The average molecular weight is 430 g/mol. The van der Waals surface area contributed by atoms with Crippen LogP contribution in [0.2, 0.25) is 5.02 Å². The van der Waals surface area contributed by atoms with Gasteiger partial charge in [-0.05, 0) is 53.8 Å². The molecular formula is C22H20ClNO4S. The lowest BCUT2D eigenvalue weighted by Gasteiger charge is -2.15. The second kappa shape index (κ2) is 9.22. The third-order valence-electron chi connectivity index (χ3n) is 4.50. The molecule has 0 aliphatic carbocycles. The summed E-state index contributed by atoms with van der Waals surface area (Å²) in [5.41, 5.74) is 2.68. The van der Waals surface area contributed by atoms with Crippen molar-refractivity contribution < 1.29 is 18.3 Å². The van der Waals surface area contributed by atoms with Gasteiger partial charge < -0.3 is 5.11 Å². The smallest absolute Gasteiger partial charge is 0.321 e. The first-order chi connectivity index (χ1) is 13.8. The second-order valence-electron chi connectivity index (χ2n) is 6.57. The Morgan fingerprint density at radius 3 is 2.00 bits per heavy atom. The summed E-state index contributed by atoms with van der Waals surface area (Å²) in [6.07, 6.45) is 0.608. The van der Waals surface area contributed by atoms with Crippen molar-refractivity contribution in [2.75, 3.05) is 0 Å². The molecule has 0 saturated heterocycles. The normalized spacial score (nSPS) is 12.4. The van der Waals surface area contributed by atoms with Crippen molar-refractivity contribution in [3.63, 3.8) is 0 Å². The zero-order valence-corrected chi connectivity index (χ0v) is 17.0. The fraction of sp³-hybridized carbons (Fsp3) is 0.136. The molecule has 0 heterocycles. The SMILES string of the molecule is O=C(O)[C@@H](CCc1ccccc1)NS(=O)(=O)c1ccc(-c2ccc(Cl)cc2)cc1. The predicted molar refractivity (Wildman–Crippen MR) is 113 cm³/mol. The van der Waals surface area contributed by atoms with Crippen molar-refractivity contribution in [3.05, 3.63) is 89.4 Å². The summed E-state index contributed by atoms with van der Waals surface area (Å²) in [6, 6.07) is 21.6. The lowest BCUT2D eigenvalue weighted by molar-refractivity contribution is -0.139. The second-order valence-corrected chi connectivity index (χ2v) is 8.72. The Morgan fingerprint density at radius 2 is 1.45 bits per heavy atom. The topological polar surface area (TPSA) is 83.5 Å². The van der Waals surface area contributed by atoms with Crippen molar-refractivity contribution in [2.45, 2.75) is 23.8 Å². The molecule has 2 N–H and O–H groups in total. The van der Waals surface area contributed by atoms with Crippen LogP contribution in [0.3, 0.4) is 0 Å². The molecule has 0 bridgehead atoms. The highest BCUT2D eigenvalue weighted by atomic mass is 35.5. The predicted octanol–water partition coefficient (Wildman–Crippen LogP) is 4.37. The summed E-state index contributed by atoms with van der Waals surface area (Å²) in [7, 11) is -3.97. The largest absolute Gasteiger partial charge is 0.480 e. The van der Waals surface area contributed by atoms with Gasteiger partial charge in [-0.2, -0.15) is 4.72 Å². The molecule has 150 valence electrons. The molecule has 0 aromatic heterocycles. The maximum absolute atomic E-state index is 12.7. The number of nitrogens with one attached hydrogen (secondary N) is 1. The van der Waals surface area contributed by atoms with E-state index in [4.69, 9.17) is 11.6 Å². The zero-order chi connectivity index (χ0) is 20.9. The first-order valence-electron chi connectivity index (χ1n) is 9.00. The van der Waals surface area contributed by atoms with E-state index in [0.29, 0.717) is 11.4 Å². The van der Waals surface area contributed by atoms with Crippen molar-refractivity contribution in [2.24, 2.45) is 0 Å². The third kappa shape index (κ3) is 5.67. The Bertz CT molecular complexity index is 1070. The molecule has 29 heavy (non-hydrogen) atoms. The highest BCUT2D eigenvalue weighted by molar-refractivity contribution is 7.89. The van der Waals surface area contributed by atoms with E-state index in [1.165, 1.54) is 12.1 Å². The summed E-state index contributed by atoms with van der Waals surface area (Å²) < 4.78 is 27.6. The van der Waals surface area contributed by atoms with E-state index < -0.39 is 22.0 Å². The van der Waals surface area contributed by atoms with E-state index >= 15 is 0 Å². The Balaban J connectivity index is 1.72. The van der Waals surface area contributed by atoms with Crippen molar-refractivity contribution in [1.82, 2.24) is 4.72 Å². The number of hydrogen-bond acceptors (Lipinski definition) is 3. The zero-order valence-electron chi connectivity index (χ0n) is 15.5. The standard InChI is InChI=1S/C22H20ClNO4S/c23-19-11-7-17(8-12-19)18-9-13-20(14-10-18)29(27,28)24-21(22(25)26)15-6-16-4-2-1-3-5-16/h1-5,7-14,21,24H,6,15H2,(H,25,26)/t21-/m1/s1. The van der Waals surface area contributed by atoms with E-state index in [2.05, 4.69) is 4.72 Å². The average Bonchev–Trinajstić information content (AvgIpc) is 2.72. The lowest BCUT2D eigenvalue weighted by atomic mass is 10.1. The van der Waals surface area contributed by atoms with Crippen LogP contribution in [0.1, 0.15) is 12.0 Å². The Labute approximate surface area is 175 Å². The molecule has 0 unspecified atom stereocenters. The molecule has 0 aliphatic rings. The number of carboxylic acid groups (broad SMARTS) is 1. The van der Waals surface area contributed by atoms with Crippen LogP contribution in [-0.2, 0) is 21.2 Å². The fourth-order valence-corrected chi connectivity index (χ4v) is 4.26. The maximum Gasteiger partial charge on any atom is 0.321 e. The van der Waals surface area contributed by atoms with Gasteiger partial charge in [0, 0.05) is 5.02 Å². The van der Waals surface area contributed by atoms with E-state index in [-0.39, 0.29) is 11.3 Å². The molecule has 0 spiro atoms. The number of sulfonamides is 1. The molecule has 0 saturated carbocycles. The van der Waals surface area contributed by atoms with Crippen molar-refractivity contribution in [1.29, 1.82) is 0 Å². The molecule has 0 radical (unpaired) electrons. The van der Waals surface area contributed by atoms with Gasteiger partial charge in [0.2, 0.25) is 10.0 Å². The minimum Gasteiger partial charge on any atom is -0.480 e. The Morgan fingerprint density at radius 1 is 0.897 bits per heavy atom. The van der Waals surface area contributed by atoms with Gasteiger partial charge in [0.25, 0.3) is 0 Å². The van der Waals surface area contributed by atoms with Crippen LogP contribution in [0.4, 0.5) is 0 Å². The quantitative estimate of drug-likeness (QED) is 0.556. The van der Waals surface area contributed by atoms with Crippen LogP contribution in [0, 0.1) is 0 Å². The first kappa shape index (κ1) is 21.0. The molecule has 1 atom stereocenters.